The van der Waals surface area contributed by atoms with Gasteiger partial charge in [0.2, 0.25) is 0 Å². The number of hydrogen-bond acceptors (Lipinski definition) is 2. The van der Waals surface area contributed by atoms with E-state index in [9.17, 15) is 0 Å². The molecule has 0 spiro atoms. The molecule has 1 aromatic heterocycles. The molecule has 0 atom stereocenters. The third-order valence-corrected chi connectivity index (χ3v) is 4.05. The fraction of sp³-hybridized carbons (Fsp3) is 0.615. The summed E-state index contributed by atoms with van der Waals surface area (Å²) in [5, 5.41) is 1.27. The second kappa shape index (κ2) is 4.75. The number of pyridine rings is 1. The molecule has 0 aromatic carbocycles. The van der Waals surface area contributed by atoms with E-state index in [2.05, 4.69) is 9.88 Å². The summed E-state index contributed by atoms with van der Waals surface area (Å²) < 4.78 is 0. The van der Waals surface area contributed by atoms with Gasteiger partial charge in [-0.3, -0.25) is 4.90 Å². The molecule has 0 N–H and O–H groups in total. The van der Waals surface area contributed by atoms with Gasteiger partial charge in [0.25, 0.3) is 0 Å². The van der Waals surface area contributed by atoms with Crippen molar-refractivity contribution in [3.63, 3.8) is 0 Å². The van der Waals surface area contributed by atoms with Crippen molar-refractivity contribution >= 4 is 23.2 Å². The number of halogens is 2. The second-order valence-electron chi connectivity index (χ2n) is 5.17. The molecule has 3 rings (SSSR count). The first-order valence-electron chi connectivity index (χ1n) is 6.27. The largest absolute Gasteiger partial charge is 0.294 e. The highest BCUT2D eigenvalue weighted by Gasteiger charge is 2.34. The van der Waals surface area contributed by atoms with Gasteiger partial charge >= 0.3 is 0 Å². The Labute approximate surface area is 112 Å². The molecule has 0 bridgehead atoms. The zero-order valence-electron chi connectivity index (χ0n) is 9.70. The van der Waals surface area contributed by atoms with Crippen LogP contribution in [0.4, 0.5) is 0 Å². The van der Waals surface area contributed by atoms with E-state index in [0.717, 1.165) is 29.2 Å². The summed E-state index contributed by atoms with van der Waals surface area (Å²) in [6, 6.07) is 4.34. The van der Waals surface area contributed by atoms with Crippen LogP contribution in [0.2, 0.25) is 10.2 Å². The summed E-state index contributed by atoms with van der Waals surface area (Å²) in [6.07, 6.45) is 5.43. The minimum absolute atomic E-state index is 0.534. The molecule has 17 heavy (non-hydrogen) atoms. The van der Waals surface area contributed by atoms with E-state index in [1.807, 2.05) is 6.07 Å². The van der Waals surface area contributed by atoms with Crippen molar-refractivity contribution in [3.05, 3.63) is 28.0 Å². The van der Waals surface area contributed by atoms with Crippen LogP contribution < -0.4 is 0 Å². The van der Waals surface area contributed by atoms with Gasteiger partial charge in [-0.1, -0.05) is 23.2 Å². The number of nitrogens with zero attached hydrogens (tertiary/aromatic N) is 2. The first-order valence-corrected chi connectivity index (χ1v) is 7.03. The van der Waals surface area contributed by atoms with Gasteiger partial charge in [-0.25, -0.2) is 4.98 Å². The van der Waals surface area contributed by atoms with E-state index in [4.69, 9.17) is 23.2 Å². The molecule has 2 aliphatic rings. The summed E-state index contributed by atoms with van der Waals surface area (Å²) in [5.41, 5.74) is 0.923. The van der Waals surface area contributed by atoms with E-state index in [1.165, 1.54) is 32.2 Å². The van der Waals surface area contributed by atoms with Crippen molar-refractivity contribution in [1.29, 1.82) is 0 Å². The van der Waals surface area contributed by atoms with Crippen molar-refractivity contribution < 1.29 is 0 Å². The van der Waals surface area contributed by atoms with Crippen LogP contribution in [0, 0.1) is 5.92 Å². The Kier molecular flexibility index (Phi) is 3.29. The molecule has 4 heteroatoms. The predicted octanol–water partition coefficient (Wildman–Crippen LogP) is 3.76. The van der Waals surface area contributed by atoms with Gasteiger partial charge in [-0.15, -0.1) is 0 Å². The third kappa shape index (κ3) is 3.12. The summed E-state index contributed by atoms with van der Waals surface area (Å²) in [6.45, 7) is 2.05. The molecule has 1 heterocycles. The molecule has 0 aliphatic heterocycles. The van der Waals surface area contributed by atoms with Crippen LogP contribution in [0.25, 0.3) is 0 Å². The Morgan fingerprint density at radius 2 is 1.94 bits per heavy atom. The fourth-order valence-electron chi connectivity index (χ4n) is 2.18. The van der Waals surface area contributed by atoms with Crippen LogP contribution in [-0.2, 0) is 6.54 Å². The SMILES string of the molecule is Clc1ccc(Cl)c(CN(CC2CC2)C2CC2)n1. The van der Waals surface area contributed by atoms with Gasteiger partial charge in [0.15, 0.2) is 0 Å². The van der Waals surface area contributed by atoms with E-state index in [1.54, 1.807) is 6.07 Å². The van der Waals surface area contributed by atoms with Crippen LogP contribution in [0.3, 0.4) is 0 Å². The average molecular weight is 271 g/mol. The maximum absolute atomic E-state index is 6.17. The molecule has 0 unspecified atom stereocenters. The van der Waals surface area contributed by atoms with Gasteiger partial charge < -0.3 is 0 Å². The second-order valence-corrected chi connectivity index (χ2v) is 5.96. The molecule has 2 nitrogen and oxygen atoms in total. The molecule has 0 amide bonds. The van der Waals surface area contributed by atoms with Crippen molar-refractivity contribution in [2.75, 3.05) is 6.54 Å². The normalized spacial score (nSPS) is 19.9. The standard InChI is InChI=1S/C13H16Cl2N2/c14-11-5-6-13(15)16-12(11)8-17(10-3-4-10)7-9-1-2-9/h5-6,9-10H,1-4,7-8H2. The highest BCUT2D eigenvalue weighted by atomic mass is 35.5. The van der Waals surface area contributed by atoms with Crippen molar-refractivity contribution in [3.8, 4) is 0 Å². The highest BCUT2D eigenvalue weighted by molar-refractivity contribution is 6.32. The Hall–Kier alpha value is -0.310. The Bertz CT molecular complexity index is 414. The summed E-state index contributed by atoms with van der Waals surface area (Å²) >= 11 is 12.1. The quantitative estimate of drug-likeness (QED) is 0.758. The van der Waals surface area contributed by atoms with Crippen molar-refractivity contribution in [1.82, 2.24) is 9.88 Å². The Morgan fingerprint density at radius 1 is 1.18 bits per heavy atom. The summed E-state index contributed by atoms with van der Waals surface area (Å²) in [5.74, 6) is 0.911. The van der Waals surface area contributed by atoms with Crippen molar-refractivity contribution in [2.45, 2.75) is 38.3 Å². The molecular formula is C13H16Cl2N2. The molecule has 92 valence electrons. The van der Waals surface area contributed by atoms with E-state index >= 15 is 0 Å². The van der Waals surface area contributed by atoms with Crippen LogP contribution in [0.15, 0.2) is 12.1 Å². The van der Waals surface area contributed by atoms with Gasteiger partial charge in [0, 0.05) is 19.1 Å². The lowest BCUT2D eigenvalue weighted by Crippen LogP contribution is -2.28. The lowest BCUT2D eigenvalue weighted by atomic mass is 10.3. The lowest BCUT2D eigenvalue weighted by molar-refractivity contribution is 0.241. The first kappa shape index (κ1) is 11.8. The van der Waals surface area contributed by atoms with Crippen molar-refractivity contribution in [2.24, 2.45) is 5.92 Å². The zero-order chi connectivity index (χ0) is 11.8. The van der Waals surface area contributed by atoms with Crippen LogP contribution in [-0.4, -0.2) is 22.5 Å². The first-order chi connectivity index (χ1) is 8.22. The fourth-order valence-corrected chi connectivity index (χ4v) is 2.51. The van der Waals surface area contributed by atoms with Crippen LogP contribution >= 0.6 is 23.2 Å². The van der Waals surface area contributed by atoms with Gasteiger partial charge in [-0.2, -0.15) is 0 Å². The minimum atomic E-state index is 0.534. The smallest absolute Gasteiger partial charge is 0.129 e. The number of rotatable bonds is 5. The predicted molar refractivity (Wildman–Crippen MR) is 70.4 cm³/mol. The van der Waals surface area contributed by atoms with E-state index in [-0.39, 0.29) is 0 Å². The third-order valence-electron chi connectivity index (χ3n) is 3.49. The Balaban J connectivity index is 1.71. The Morgan fingerprint density at radius 3 is 2.59 bits per heavy atom. The zero-order valence-corrected chi connectivity index (χ0v) is 11.2. The number of hydrogen-bond donors (Lipinski definition) is 0. The number of aromatic nitrogens is 1. The topological polar surface area (TPSA) is 16.1 Å². The molecule has 0 radical (unpaired) electrons. The van der Waals surface area contributed by atoms with Gasteiger partial charge in [0.05, 0.1) is 10.7 Å². The molecule has 2 aliphatic carbocycles. The van der Waals surface area contributed by atoms with E-state index < -0.39 is 0 Å². The monoisotopic (exact) mass is 270 g/mol. The van der Waals surface area contributed by atoms with E-state index in [0.29, 0.717) is 5.15 Å². The molecule has 2 fully saturated rings. The molecule has 1 aromatic rings. The maximum Gasteiger partial charge on any atom is 0.129 e. The average Bonchev–Trinajstić information content (AvgIpc) is 3.14. The molecule has 2 saturated carbocycles. The summed E-state index contributed by atoms with van der Waals surface area (Å²) in [7, 11) is 0. The van der Waals surface area contributed by atoms with Crippen LogP contribution in [0.5, 0.6) is 0 Å². The lowest BCUT2D eigenvalue weighted by Gasteiger charge is -2.21. The highest BCUT2D eigenvalue weighted by Crippen LogP contribution is 2.36. The molecule has 0 saturated heterocycles. The summed E-state index contributed by atoms with van der Waals surface area (Å²) in [4.78, 5) is 6.87. The van der Waals surface area contributed by atoms with Crippen LogP contribution in [0.1, 0.15) is 31.4 Å². The maximum atomic E-state index is 6.17. The van der Waals surface area contributed by atoms with Gasteiger partial charge in [0.1, 0.15) is 5.15 Å². The van der Waals surface area contributed by atoms with Gasteiger partial charge in [-0.05, 0) is 43.7 Å². The minimum Gasteiger partial charge on any atom is -0.294 e. The molecular weight excluding hydrogens is 255 g/mol.